The zero-order chi connectivity index (χ0) is 14.4. The summed E-state index contributed by atoms with van der Waals surface area (Å²) in [7, 11) is 0. The molecule has 2 amide bonds. The number of hydrogen-bond acceptors (Lipinski definition) is 4. The highest BCUT2D eigenvalue weighted by Crippen LogP contribution is 2.35. The molecular weight excluding hydrogens is 312 g/mol. The first-order valence-corrected chi connectivity index (χ1v) is 6.50. The standard InChI is InChI=1S/C11H10Cl3N3O2/c1-11(2)10(19)15-7(18)4-17(11)9-6(13)3-5(12)8(14)16-9/h3H,4H2,1-2H3,(H,15,18,19). The van der Waals surface area contributed by atoms with Crippen LogP contribution in [-0.2, 0) is 9.59 Å². The van der Waals surface area contributed by atoms with E-state index < -0.39 is 17.4 Å². The second-order valence-electron chi connectivity index (χ2n) is 4.59. The molecule has 0 spiro atoms. The molecule has 1 aliphatic rings. The Labute approximate surface area is 124 Å². The maximum atomic E-state index is 11.9. The van der Waals surface area contributed by atoms with Gasteiger partial charge in [-0.3, -0.25) is 14.9 Å². The lowest BCUT2D eigenvalue weighted by Gasteiger charge is -2.41. The number of amides is 2. The average Bonchev–Trinajstić information content (AvgIpc) is 2.29. The summed E-state index contributed by atoms with van der Waals surface area (Å²) >= 11 is 17.7. The number of nitrogens with zero attached hydrogens (tertiary/aromatic N) is 2. The van der Waals surface area contributed by atoms with Crippen molar-refractivity contribution in [3.05, 3.63) is 21.3 Å². The van der Waals surface area contributed by atoms with Gasteiger partial charge in [0.05, 0.1) is 16.6 Å². The van der Waals surface area contributed by atoms with Crippen LogP contribution in [0.15, 0.2) is 6.07 Å². The Bertz CT molecular complexity index is 575. The van der Waals surface area contributed by atoms with Gasteiger partial charge < -0.3 is 4.90 Å². The predicted octanol–water partition coefficient (Wildman–Crippen LogP) is 2.28. The fourth-order valence-corrected chi connectivity index (χ4v) is 2.34. The van der Waals surface area contributed by atoms with Gasteiger partial charge in [-0.25, -0.2) is 4.98 Å². The summed E-state index contributed by atoms with van der Waals surface area (Å²) in [6.45, 7) is 3.29. The van der Waals surface area contributed by atoms with Crippen molar-refractivity contribution in [2.45, 2.75) is 19.4 Å². The summed E-state index contributed by atoms with van der Waals surface area (Å²) in [5, 5.41) is 2.77. The topological polar surface area (TPSA) is 62.3 Å². The van der Waals surface area contributed by atoms with E-state index in [-0.39, 0.29) is 27.6 Å². The van der Waals surface area contributed by atoms with Crippen molar-refractivity contribution in [3.8, 4) is 0 Å². The maximum absolute atomic E-state index is 11.9. The molecule has 1 aromatic rings. The van der Waals surface area contributed by atoms with Gasteiger partial charge in [0.1, 0.15) is 10.7 Å². The summed E-state index contributed by atoms with van der Waals surface area (Å²) in [5.41, 5.74) is -0.971. The molecule has 19 heavy (non-hydrogen) atoms. The molecule has 0 radical (unpaired) electrons. The second-order valence-corrected chi connectivity index (χ2v) is 5.76. The number of aromatic nitrogens is 1. The van der Waals surface area contributed by atoms with Crippen LogP contribution in [0.25, 0.3) is 0 Å². The summed E-state index contributed by atoms with van der Waals surface area (Å²) in [6.07, 6.45) is 0. The van der Waals surface area contributed by atoms with Crippen molar-refractivity contribution in [1.29, 1.82) is 0 Å². The van der Waals surface area contributed by atoms with E-state index in [1.165, 1.54) is 11.0 Å². The van der Waals surface area contributed by atoms with Crippen molar-refractivity contribution in [1.82, 2.24) is 10.3 Å². The minimum absolute atomic E-state index is 0.0383. The molecule has 0 bridgehead atoms. The highest BCUT2D eigenvalue weighted by Gasteiger charge is 2.42. The molecule has 1 saturated heterocycles. The highest BCUT2D eigenvalue weighted by molar-refractivity contribution is 6.43. The number of hydrogen-bond donors (Lipinski definition) is 1. The smallest absolute Gasteiger partial charge is 0.251 e. The van der Waals surface area contributed by atoms with E-state index in [9.17, 15) is 9.59 Å². The zero-order valence-corrected chi connectivity index (χ0v) is 12.4. The molecular formula is C11H10Cl3N3O2. The quantitative estimate of drug-likeness (QED) is 0.636. The molecule has 1 fully saturated rings. The Kier molecular flexibility index (Phi) is 3.64. The second kappa shape index (κ2) is 4.81. The molecule has 2 rings (SSSR count). The number of nitrogens with one attached hydrogen (secondary N) is 1. The Balaban J connectivity index is 2.53. The monoisotopic (exact) mass is 321 g/mol. The lowest BCUT2D eigenvalue weighted by molar-refractivity contribution is -0.135. The molecule has 8 heteroatoms. The van der Waals surface area contributed by atoms with Gasteiger partial charge in [-0.2, -0.15) is 0 Å². The summed E-state index contributed by atoms with van der Waals surface area (Å²) in [5.74, 6) is -0.592. The van der Waals surface area contributed by atoms with E-state index in [0.29, 0.717) is 0 Å². The van der Waals surface area contributed by atoms with Gasteiger partial charge in [-0.1, -0.05) is 34.8 Å². The Hall–Kier alpha value is -1.04. The minimum Gasteiger partial charge on any atom is -0.332 e. The maximum Gasteiger partial charge on any atom is 0.251 e. The summed E-state index contributed by atoms with van der Waals surface area (Å²) < 4.78 is 0. The van der Waals surface area contributed by atoms with Crippen molar-refractivity contribution < 1.29 is 9.59 Å². The fraction of sp³-hybridized carbons (Fsp3) is 0.364. The number of carbonyl (C=O) groups is 2. The van der Waals surface area contributed by atoms with Crippen LogP contribution in [0.3, 0.4) is 0 Å². The highest BCUT2D eigenvalue weighted by atomic mass is 35.5. The largest absolute Gasteiger partial charge is 0.332 e. The number of pyridine rings is 1. The molecule has 0 unspecified atom stereocenters. The normalized spacial score (nSPS) is 18.5. The number of anilines is 1. The first kappa shape index (κ1) is 14.4. The van der Waals surface area contributed by atoms with Crippen LogP contribution in [0.5, 0.6) is 0 Å². The van der Waals surface area contributed by atoms with Gasteiger partial charge in [-0.15, -0.1) is 0 Å². The first-order chi connectivity index (χ1) is 8.73. The Morgan fingerprint density at radius 2 is 1.89 bits per heavy atom. The molecule has 1 N–H and O–H groups in total. The van der Waals surface area contributed by atoms with Crippen LogP contribution in [0.2, 0.25) is 15.2 Å². The van der Waals surface area contributed by atoms with E-state index in [0.717, 1.165) is 0 Å². The Morgan fingerprint density at radius 3 is 2.53 bits per heavy atom. The van der Waals surface area contributed by atoms with E-state index in [1.807, 2.05) is 0 Å². The number of imide groups is 1. The van der Waals surface area contributed by atoms with Crippen molar-refractivity contribution >= 4 is 52.4 Å². The molecule has 2 heterocycles. The molecule has 102 valence electrons. The van der Waals surface area contributed by atoms with E-state index in [4.69, 9.17) is 34.8 Å². The van der Waals surface area contributed by atoms with E-state index >= 15 is 0 Å². The summed E-state index contributed by atoms with van der Waals surface area (Å²) in [6, 6.07) is 1.43. The van der Waals surface area contributed by atoms with E-state index in [1.54, 1.807) is 13.8 Å². The van der Waals surface area contributed by atoms with Gasteiger partial charge in [0.2, 0.25) is 5.91 Å². The van der Waals surface area contributed by atoms with Gasteiger partial charge in [0, 0.05) is 0 Å². The third-order valence-corrected chi connectivity index (χ3v) is 3.86. The van der Waals surface area contributed by atoms with Crippen molar-refractivity contribution in [2.24, 2.45) is 0 Å². The molecule has 1 aromatic heterocycles. The molecule has 1 aliphatic heterocycles. The van der Waals surface area contributed by atoms with Crippen LogP contribution in [0, 0.1) is 0 Å². The van der Waals surface area contributed by atoms with Crippen LogP contribution in [0.1, 0.15) is 13.8 Å². The van der Waals surface area contributed by atoms with Crippen LogP contribution >= 0.6 is 34.8 Å². The van der Waals surface area contributed by atoms with Crippen molar-refractivity contribution in [2.75, 3.05) is 11.4 Å². The number of carbonyl (C=O) groups excluding carboxylic acids is 2. The number of halogens is 3. The predicted molar refractivity (Wildman–Crippen MR) is 73.8 cm³/mol. The van der Waals surface area contributed by atoms with E-state index in [2.05, 4.69) is 10.3 Å². The molecule has 0 aromatic carbocycles. The SMILES string of the molecule is CC1(C)C(=O)NC(=O)CN1c1nc(Cl)c(Cl)cc1Cl. The third kappa shape index (κ3) is 2.50. The molecule has 0 atom stereocenters. The van der Waals surface area contributed by atoms with Gasteiger partial charge in [0.15, 0.2) is 5.82 Å². The first-order valence-electron chi connectivity index (χ1n) is 5.37. The molecule has 0 saturated carbocycles. The van der Waals surface area contributed by atoms with Gasteiger partial charge >= 0.3 is 0 Å². The fourth-order valence-electron chi connectivity index (χ4n) is 1.75. The Morgan fingerprint density at radius 1 is 1.26 bits per heavy atom. The summed E-state index contributed by atoms with van der Waals surface area (Å²) in [4.78, 5) is 28.9. The number of rotatable bonds is 1. The molecule has 0 aliphatic carbocycles. The van der Waals surface area contributed by atoms with Gasteiger partial charge in [0.25, 0.3) is 5.91 Å². The number of piperazine rings is 1. The van der Waals surface area contributed by atoms with Crippen molar-refractivity contribution in [3.63, 3.8) is 0 Å². The molecule has 5 nitrogen and oxygen atoms in total. The average molecular weight is 323 g/mol. The van der Waals surface area contributed by atoms with Crippen LogP contribution in [-0.4, -0.2) is 28.9 Å². The minimum atomic E-state index is -0.971. The van der Waals surface area contributed by atoms with Crippen LogP contribution < -0.4 is 10.2 Å². The lowest BCUT2D eigenvalue weighted by atomic mass is 9.99. The van der Waals surface area contributed by atoms with Crippen LogP contribution in [0.4, 0.5) is 5.82 Å². The lowest BCUT2D eigenvalue weighted by Crippen LogP contribution is -2.64. The zero-order valence-electron chi connectivity index (χ0n) is 10.1. The third-order valence-electron chi connectivity index (χ3n) is 2.91. The van der Waals surface area contributed by atoms with Gasteiger partial charge in [-0.05, 0) is 19.9 Å².